The van der Waals surface area contributed by atoms with Gasteiger partial charge in [-0.15, -0.1) is 0 Å². The Kier molecular flexibility index (Phi) is 5.76. The molecule has 0 saturated heterocycles. The fourth-order valence-electron chi connectivity index (χ4n) is 5.72. The van der Waals surface area contributed by atoms with Crippen molar-refractivity contribution in [1.29, 1.82) is 0 Å². The Hall–Kier alpha value is -2.92. The Morgan fingerprint density at radius 1 is 0.914 bits per heavy atom. The summed E-state index contributed by atoms with van der Waals surface area (Å²) in [5.74, 6) is 0.597. The zero-order valence-electron chi connectivity index (χ0n) is 20.2. The van der Waals surface area contributed by atoms with E-state index in [9.17, 15) is 9.90 Å². The number of benzene rings is 2. The second kappa shape index (κ2) is 8.94. The maximum atomic E-state index is 12.7. The minimum absolute atomic E-state index is 0.495. The van der Waals surface area contributed by atoms with Gasteiger partial charge in [-0.05, 0) is 74.8 Å². The topological polar surface area (TPSA) is 64.3 Å². The molecule has 3 aliphatic carbocycles. The Morgan fingerprint density at radius 3 is 2.14 bits per heavy atom. The lowest BCUT2D eigenvalue weighted by Gasteiger charge is -2.44. The highest BCUT2D eigenvalue weighted by molar-refractivity contribution is 5.81. The summed E-state index contributed by atoms with van der Waals surface area (Å²) in [4.78, 5) is 12.7. The summed E-state index contributed by atoms with van der Waals surface area (Å²) in [5.41, 5.74) is 2.77. The molecule has 0 radical (unpaired) electrons. The first-order chi connectivity index (χ1) is 17.1. The number of hydrogen-bond acceptors (Lipinski definition) is 3. The van der Waals surface area contributed by atoms with Gasteiger partial charge in [0.2, 0.25) is 0 Å². The minimum atomic E-state index is -0.864. The lowest BCUT2D eigenvalue weighted by molar-refractivity contribution is -0.151. The summed E-state index contributed by atoms with van der Waals surface area (Å²) < 4.78 is 9.03. The van der Waals surface area contributed by atoms with E-state index in [-0.39, 0.29) is 0 Å². The van der Waals surface area contributed by atoms with Crippen LogP contribution in [0.3, 0.4) is 0 Å². The number of aromatic nitrogens is 2. The van der Waals surface area contributed by atoms with Crippen molar-refractivity contribution in [2.45, 2.75) is 68.9 Å². The average Bonchev–Trinajstić information content (AvgIpc) is 3.83. The van der Waals surface area contributed by atoms with Gasteiger partial charge < -0.3 is 9.84 Å². The lowest BCUT2D eigenvalue weighted by atomic mass is 9.64. The summed E-state index contributed by atoms with van der Waals surface area (Å²) in [6.45, 7) is 1.67. The Bertz CT molecular complexity index is 1170. The molecule has 5 heteroatoms. The van der Waals surface area contributed by atoms with Crippen LogP contribution in [0.4, 0.5) is 0 Å². The SMILES string of the molecule is O=C(O)[C@]1(c2ccccc2)CC[C@](OCC2CC2)(c2cc(-c3ccccc3)nn2CC2CC2)CC1. The molecule has 2 aromatic carbocycles. The summed E-state index contributed by atoms with van der Waals surface area (Å²) in [5, 5.41) is 15.5. The molecule has 3 aromatic rings. The first kappa shape index (κ1) is 22.5. The summed E-state index contributed by atoms with van der Waals surface area (Å²) in [6.07, 6.45) is 7.47. The van der Waals surface area contributed by atoms with Crippen molar-refractivity contribution in [1.82, 2.24) is 9.78 Å². The molecule has 1 N–H and O–H groups in total. The number of carboxylic acid groups (broad SMARTS) is 1. The Morgan fingerprint density at radius 2 is 1.54 bits per heavy atom. The van der Waals surface area contributed by atoms with E-state index in [1.165, 1.54) is 25.7 Å². The van der Waals surface area contributed by atoms with Crippen LogP contribution in [0.2, 0.25) is 0 Å². The Labute approximate surface area is 207 Å². The molecule has 3 aliphatic rings. The van der Waals surface area contributed by atoms with Crippen LogP contribution >= 0.6 is 0 Å². The zero-order valence-corrected chi connectivity index (χ0v) is 20.2. The molecule has 3 fully saturated rings. The highest BCUT2D eigenvalue weighted by atomic mass is 16.5. The third-order valence-electron chi connectivity index (χ3n) is 8.38. The number of hydrogen-bond donors (Lipinski definition) is 1. The van der Waals surface area contributed by atoms with Gasteiger partial charge in [-0.3, -0.25) is 9.48 Å². The highest BCUT2D eigenvalue weighted by Crippen LogP contribution is 2.51. The monoisotopic (exact) mass is 470 g/mol. The smallest absolute Gasteiger partial charge is 0.314 e. The van der Waals surface area contributed by atoms with Gasteiger partial charge in [0.15, 0.2) is 0 Å². The van der Waals surface area contributed by atoms with Gasteiger partial charge in [0.05, 0.1) is 23.4 Å². The number of carbonyl (C=O) groups is 1. The van der Waals surface area contributed by atoms with Crippen LogP contribution in [-0.2, 0) is 27.1 Å². The molecular weight excluding hydrogens is 436 g/mol. The number of ether oxygens (including phenoxy) is 1. The van der Waals surface area contributed by atoms with E-state index in [0.717, 1.165) is 35.7 Å². The summed E-state index contributed by atoms with van der Waals surface area (Å²) in [7, 11) is 0. The molecule has 0 amide bonds. The maximum absolute atomic E-state index is 12.7. The molecule has 35 heavy (non-hydrogen) atoms. The molecule has 1 heterocycles. The Balaban J connectivity index is 1.38. The predicted molar refractivity (Wildman–Crippen MR) is 135 cm³/mol. The summed E-state index contributed by atoms with van der Waals surface area (Å²) >= 11 is 0. The van der Waals surface area contributed by atoms with Crippen LogP contribution in [-0.4, -0.2) is 27.5 Å². The number of carboxylic acids is 1. The highest BCUT2D eigenvalue weighted by Gasteiger charge is 2.51. The first-order valence-electron chi connectivity index (χ1n) is 13.1. The van der Waals surface area contributed by atoms with Crippen LogP contribution in [0.15, 0.2) is 66.7 Å². The third-order valence-corrected chi connectivity index (χ3v) is 8.38. The molecule has 3 saturated carbocycles. The van der Waals surface area contributed by atoms with Gasteiger partial charge in [-0.2, -0.15) is 5.10 Å². The maximum Gasteiger partial charge on any atom is 0.314 e. The molecular formula is C30H34N2O3. The van der Waals surface area contributed by atoms with E-state index in [2.05, 4.69) is 35.0 Å². The molecule has 182 valence electrons. The fourth-order valence-corrected chi connectivity index (χ4v) is 5.72. The normalized spacial score (nSPS) is 26.5. The van der Waals surface area contributed by atoms with Crippen LogP contribution in [0.25, 0.3) is 11.3 Å². The average molecular weight is 471 g/mol. The van der Waals surface area contributed by atoms with E-state index in [1.54, 1.807) is 0 Å². The zero-order chi connectivity index (χ0) is 23.9. The standard InChI is InChI=1S/C30H34N2O3/c33-28(34)29(25-9-5-2-6-10-25)15-17-30(18-16-29,35-21-23-13-14-23)27-19-26(24-7-3-1-4-8-24)31-32(27)20-22-11-12-22/h1-10,19,22-23H,11-18,20-21H2,(H,33,34)/t29-,30-. The number of rotatable bonds is 9. The van der Waals surface area contributed by atoms with Gasteiger partial charge >= 0.3 is 5.97 Å². The number of nitrogens with zero attached hydrogens (tertiary/aromatic N) is 2. The first-order valence-corrected chi connectivity index (χ1v) is 13.1. The van der Waals surface area contributed by atoms with Gasteiger partial charge in [0.1, 0.15) is 5.60 Å². The van der Waals surface area contributed by atoms with Gasteiger partial charge in [0.25, 0.3) is 0 Å². The summed E-state index contributed by atoms with van der Waals surface area (Å²) in [6, 6.07) is 22.4. The molecule has 0 atom stereocenters. The molecule has 1 aromatic heterocycles. The lowest BCUT2D eigenvalue weighted by Crippen LogP contribution is -2.46. The predicted octanol–water partition coefficient (Wildman–Crippen LogP) is 6.18. The van der Waals surface area contributed by atoms with Crippen molar-refractivity contribution >= 4 is 5.97 Å². The minimum Gasteiger partial charge on any atom is -0.481 e. The molecule has 0 spiro atoms. The van der Waals surface area contributed by atoms with Gasteiger partial charge in [-0.1, -0.05) is 60.7 Å². The van der Waals surface area contributed by atoms with Crippen LogP contribution in [0.5, 0.6) is 0 Å². The van der Waals surface area contributed by atoms with Crippen molar-refractivity contribution in [2.24, 2.45) is 11.8 Å². The largest absolute Gasteiger partial charge is 0.481 e. The van der Waals surface area contributed by atoms with E-state index >= 15 is 0 Å². The van der Waals surface area contributed by atoms with Crippen molar-refractivity contribution < 1.29 is 14.6 Å². The van der Waals surface area contributed by atoms with E-state index in [1.807, 2.05) is 36.4 Å². The van der Waals surface area contributed by atoms with Crippen LogP contribution < -0.4 is 0 Å². The van der Waals surface area contributed by atoms with Crippen LogP contribution in [0, 0.1) is 11.8 Å². The molecule has 0 bridgehead atoms. The second-order valence-corrected chi connectivity index (χ2v) is 10.9. The van der Waals surface area contributed by atoms with E-state index in [0.29, 0.717) is 37.5 Å². The molecule has 0 unspecified atom stereocenters. The molecule has 5 nitrogen and oxygen atoms in total. The molecule has 6 rings (SSSR count). The van der Waals surface area contributed by atoms with Gasteiger partial charge in [-0.25, -0.2) is 0 Å². The van der Waals surface area contributed by atoms with Gasteiger partial charge in [0, 0.05) is 12.1 Å². The van der Waals surface area contributed by atoms with Crippen molar-refractivity contribution in [3.05, 3.63) is 78.0 Å². The van der Waals surface area contributed by atoms with Crippen LogP contribution in [0.1, 0.15) is 62.6 Å². The van der Waals surface area contributed by atoms with Crippen molar-refractivity contribution in [2.75, 3.05) is 6.61 Å². The fraction of sp³-hybridized carbons (Fsp3) is 0.467. The van der Waals surface area contributed by atoms with E-state index in [4.69, 9.17) is 9.84 Å². The van der Waals surface area contributed by atoms with Crippen molar-refractivity contribution in [3.8, 4) is 11.3 Å². The quantitative estimate of drug-likeness (QED) is 0.406. The number of aliphatic carboxylic acids is 1. The van der Waals surface area contributed by atoms with E-state index < -0.39 is 17.0 Å². The molecule has 0 aliphatic heterocycles. The second-order valence-electron chi connectivity index (χ2n) is 10.9. The van der Waals surface area contributed by atoms with Crippen molar-refractivity contribution in [3.63, 3.8) is 0 Å². The third kappa shape index (κ3) is 4.42.